The normalized spacial score (nSPS) is 13.6. The zero-order valence-electron chi connectivity index (χ0n) is 37.2. The Balaban J connectivity index is 1.17. The summed E-state index contributed by atoms with van der Waals surface area (Å²) >= 11 is 5.83. The lowest BCUT2D eigenvalue weighted by molar-refractivity contribution is -0.145. The summed E-state index contributed by atoms with van der Waals surface area (Å²) in [6.07, 6.45) is -0.289. The Bertz CT molecular complexity index is 2140. The van der Waals surface area contributed by atoms with Gasteiger partial charge in [-0.05, 0) is 98.7 Å². The maximum absolute atomic E-state index is 13.0. The van der Waals surface area contributed by atoms with E-state index in [4.69, 9.17) is 38.3 Å². The highest BCUT2D eigenvalue weighted by molar-refractivity contribution is 6.31. The van der Waals surface area contributed by atoms with E-state index in [2.05, 4.69) is 50.2 Å². The van der Waals surface area contributed by atoms with Gasteiger partial charge in [0.2, 0.25) is 5.91 Å². The highest BCUT2D eigenvalue weighted by Gasteiger charge is 2.31. The van der Waals surface area contributed by atoms with Crippen LogP contribution in [-0.2, 0) is 33.6 Å². The molecule has 13 N–H and O–H groups in total. The number of aromatic nitrogens is 2. The molecule has 0 spiro atoms. The number of unbranched alkanes of at least 4 members (excludes halogenated alkanes) is 2. The predicted octanol–water partition coefficient (Wildman–Crippen LogP) is 2.37. The van der Waals surface area contributed by atoms with Crippen LogP contribution in [0.5, 0.6) is 0 Å². The number of nitrogens with one attached hydrogen (secondary N) is 4. The number of guanidine groups is 1. The molecule has 18 nitrogen and oxygen atoms in total. The Labute approximate surface area is 390 Å². The largest absolute Gasteiger partial charge is 0.467 e. The molecule has 4 rings (SSSR count). The second kappa shape index (κ2) is 27.7. The number of hydrogen-bond acceptors (Lipinski definition) is 15. The molecule has 0 aliphatic heterocycles. The number of anilines is 2. The summed E-state index contributed by atoms with van der Waals surface area (Å²) < 4.78 is 4.99. The van der Waals surface area contributed by atoms with Gasteiger partial charge in [-0.3, -0.25) is 20.3 Å². The van der Waals surface area contributed by atoms with Crippen LogP contribution >= 0.6 is 11.6 Å². The number of nitrogens with two attached hydrogens (primary N) is 2. The number of methoxy groups -OCH3 is 1. The SMILES string of the molecule is COC(=O)[C@H](CCCCN(CCCc1ccccc1)C[C@H](O)[C@@H](O)[C@H](O)[C@H](O)CO)NC(=O)CCc1ccc(-c2ccc(CCCCNC(=N)NC(=O)c3nc(Cl)c(N)nc3N)cc2)cc1. The summed E-state index contributed by atoms with van der Waals surface area (Å²) in [7, 11) is 1.27. The second-order valence-electron chi connectivity index (χ2n) is 16.1. The van der Waals surface area contributed by atoms with Crippen molar-refractivity contribution in [2.45, 2.75) is 94.7 Å². The van der Waals surface area contributed by atoms with Crippen LogP contribution in [0.2, 0.25) is 5.15 Å². The number of aryl methyl sites for hydroxylation is 3. The van der Waals surface area contributed by atoms with E-state index in [1.807, 2.05) is 59.5 Å². The average Bonchev–Trinajstić information content (AvgIpc) is 3.32. The van der Waals surface area contributed by atoms with Gasteiger partial charge in [0.05, 0.1) is 19.8 Å². The zero-order valence-corrected chi connectivity index (χ0v) is 38.0. The highest BCUT2D eigenvalue weighted by atomic mass is 35.5. The van der Waals surface area contributed by atoms with Gasteiger partial charge in [0, 0.05) is 19.5 Å². The van der Waals surface area contributed by atoms with Crippen LogP contribution in [0, 0.1) is 5.41 Å². The first-order chi connectivity index (χ1) is 31.7. The molecule has 358 valence electrons. The summed E-state index contributed by atoms with van der Waals surface area (Å²) in [6, 6.07) is 25.3. The van der Waals surface area contributed by atoms with Crippen LogP contribution in [0.1, 0.15) is 72.1 Å². The van der Waals surface area contributed by atoms with Gasteiger partial charge in [0.25, 0.3) is 5.91 Å². The van der Waals surface area contributed by atoms with E-state index in [9.17, 15) is 34.8 Å². The van der Waals surface area contributed by atoms with E-state index in [-0.39, 0.29) is 47.3 Å². The van der Waals surface area contributed by atoms with E-state index in [0.29, 0.717) is 45.3 Å². The number of rotatable bonds is 27. The number of nitrogen functional groups attached to an aromatic ring is 2. The average molecular weight is 935 g/mol. The molecule has 1 heterocycles. The van der Waals surface area contributed by atoms with Gasteiger partial charge < -0.3 is 57.3 Å². The summed E-state index contributed by atoms with van der Waals surface area (Å²) in [6.45, 7) is 0.776. The van der Waals surface area contributed by atoms with Crippen molar-refractivity contribution in [1.29, 1.82) is 5.41 Å². The molecule has 4 aromatic rings. The topological polar surface area (TPSA) is 303 Å². The Morgan fingerprint density at radius 3 is 1.98 bits per heavy atom. The van der Waals surface area contributed by atoms with E-state index < -0.39 is 48.9 Å². The smallest absolute Gasteiger partial charge is 0.328 e. The Morgan fingerprint density at radius 1 is 0.758 bits per heavy atom. The molecule has 0 saturated heterocycles. The lowest BCUT2D eigenvalue weighted by Crippen LogP contribution is -2.50. The standard InChI is InChI=1S/C47H64ClN9O9/c1-66-46(65)35(14-6-8-26-57(27-9-13-30-10-3-2-4-11-30)28-36(59)40(62)41(63)37(60)29-58)53-38(61)24-19-32-17-22-34(23-18-32)33-20-15-31(16-21-33)12-5-7-25-52-47(51)56-45(64)39-43(49)55-44(50)42(48)54-39/h2-4,10-11,15-18,20-23,35-37,40-41,58-60,62-63H,5-9,12-14,19,24-29H2,1H3,(H,53,61)(H4,49,50,55)(H3,51,52,56,64)/t35-,36-,37+,40+,41+/m0/s1. The van der Waals surface area contributed by atoms with Crippen molar-refractivity contribution in [3.05, 3.63) is 106 Å². The minimum atomic E-state index is -1.72. The Morgan fingerprint density at radius 2 is 1.35 bits per heavy atom. The third kappa shape index (κ3) is 17.6. The molecule has 1 aromatic heterocycles. The molecule has 0 aliphatic carbocycles. The molecule has 19 heteroatoms. The van der Waals surface area contributed by atoms with Crippen molar-refractivity contribution in [3.8, 4) is 11.1 Å². The fraction of sp³-hybridized carbons (Fsp3) is 0.447. The molecule has 0 fully saturated rings. The molecule has 0 radical (unpaired) electrons. The molecule has 66 heavy (non-hydrogen) atoms. The molecular formula is C47H64ClN9O9. The molecular weight excluding hydrogens is 870 g/mol. The van der Waals surface area contributed by atoms with Crippen molar-refractivity contribution in [1.82, 2.24) is 30.8 Å². The van der Waals surface area contributed by atoms with Crippen molar-refractivity contribution in [2.75, 3.05) is 51.4 Å². The van der Waals surface area contributed by atoms with Gasteiger partial charge in [-0.2, -0.15) is 0 Å². The first-order valence-corrected chi connectivity index (χ1v) is 22.4. The van der Waals surface area contributed by atoms with Gasteiger partial charge in [-0.1, -0.05) is 90.5 Å². The number of hydrogen-bond donors (Lipinski definition) is 11. The third-order valence-electron chi connectivity index (χ3n) is 11.0. The zero-order chi connectivity index (χ0) is 48.0. The van der Waals surface area contributed by atoms with Crippen molar-refractivity contribution in [2.24, 2.45) is 0 Å². The van der Waals surface area contributed by atoms with Gasteiger partial charge >= 0.3 is 5.97 Å². The number of carbonyl (C=O) groups excluding carboxylic acids is 3. The first-order valence-electron chi connectivity index (χ1n) is 22.1. The number of nitrogens with zero attached hydrogens (tertiary/aromatic N) is 3. The van der Waals surface area contributed by atoms with Crippen LogP contribution < -0.4 is 27.4 Å². The van der Waals surface area contributed by atoms with Gasteiger partial charge in [-0.15, -0.1) is 0 Å². The summed E-state index contributed by atoms with van der Waals surface area (Å²) in [5.74, 6) is -2.04. The quantitative estimate of drug-likeness (QED) is 0.0177. The summed E-state index contributed by atoms with van der Waals surface area (Å²) in [4.78, 5) is 47.7. The van der Waals surface area contributed by atoms with Crippen LogP contribution in [0.25, 0.3) is 11.1 Å². The number of amides is 2. The molecule has 0 bridgehead atoms. The van der Waals surface area contributed by atoms with E-state index in [1.165, 1.54) is 7.11 Å². The lowest BCUT2D eigenvalue weighted by Gasteiger charge is -2.30. The number of halogens is 1. The number of carbonyl (C=O) groups is 3. The number of ether oxygens (including phenoxy) is 1. The van der Waals surface area contributed by atoms with Crippen LogP contribution in [0.15, 0.2) is 78.9 Å². The monoisotopic (exact) mass is 933 g/mol. The number of benzene rings is 3. The van der Waals surface area contributed by atoms with E-state index in [1.54, 1.807) is 0 Å². The summed E-state index contributed by atoms with van der Waals surface area (Å²) in [5, 5.41) is 66.0. The van der Waals surface area contributed by atoms with Crippen LogP contribution in [0.3, 0.4) is 0 Å². The van der Waals surface area contributed by atoms with Gasteiger partial charge in [0.1, 0.15) is 24.4 Å². The minimum absolute atomic E-state index is 0.00923. The first kappa shape index (κ1) is 52.9. The van der Waals surface area contributed by atoms with E-state index in [0.717, 1.165) is 59.9 Å². The van der Waals surface area contributed by atoms with Crippen molar-refractivity contribution >= 4 is 47.0 Å². The summed E-state index contributed by atoms with van der Waals surface area (Å²) in [5.41, 5.74) is 16.4. The van der Waals surface area contributed by atoms with Crippen LogP contribution in [-0.4, -0.2) is 134 Å². The van der Waals surface area contributed by atoms with Crippen molar-refractivity contribution < 1.29 is 44.7 Å². The van der Waals surface area contributed by atoms with Crippen molar-refractivity contribution in [3.63, 3.8) is 0 Å². The molecule has 3 aromatic carbocycles. The fourth-order valence-corrected chi connectivity index (χ4v) is 7.33. The highest BCUT2D eigenvalue weighted by Crippen LogP contribution is 2.22. The fourth-order valence-electron chi connectivity index (χ4n) is 7.20. The Hall–Kier alpha value is -5.73. The van der Waals surface area contributed by atoms with Gasteiger partial charge in [-0.25, -0.2) is 14.8 Å². The number of aliphatic hydroxyl groups excluding tert-OH is 5. The maximum Gasteiger partial charge on any atom is 0.328 e. The number of esters is 1. The minimum Gasteiger partial charge on any atom is -0.467 e. The molecule has 2 amide bonds. The lowest BCUT2D eigenvalue weighted by atomic mass is 9.99. The van der Waals surface area contributed by atoms with Crippen LogP contribution in [0.4, 0.5) is 11.6 Å². The maximum atomic E-state index is 13.0. The van der Waals surface area contributed by atoms with Gasteiger partial charge in [0.15, 0.2) is 28.4 Å². The molecule has 0 saturated carbocycles. The molecule has 0 unspecified atom stereocenters. The Kier molecular flexibility index (Phi) is 22.2. The second-order valence-corrected chi connectivity index (χ2v) is 16.4. The number of aliphatic hydroxyl groups is 5. The van der Waals surface area contributed by atoms with E-state index >= 15 is 0 Å². The predicted molar refractivity (Wildman–Crippen MR) is 252 cm³/mol. The molecule has 5 atom stereocenters. The third-order valence-corrected chi connectivity index (χ3v) is 11.3. The molecule has 0 aliphatic rings.